The summed E-state index contributed by atoms with van der Waals surface area (Å²) in [5.41, 5.74) is 4.67. The average Bonchev–Trinajstić information content (AvgIpc) is 3.28. The topological polar surface area (TPSA) is 49.4 Å². The van der Waals surface area contributed by atoms with Crippen molar-refractivity contribution in [1.29, 1.82) is 0 Å². The van der Waals surface area contributed by atoms with Gasteiger partial charge < -0.3 is 5.32 Å². The Balaban J connectivity index is 1.69. The maximum atomic E-state index is 13.3. The quantitative estimate of drug-likeness (QED) is 0.504. The maximum absolute atomic E-state index is 13.3. The number of nitrogens with zero attached hydrogens (tertiary/aromatic N) is 1. The van der Waals surface area contributed by atoms with E-state index in [4.69, 9.17) is 0 Å². The molecule has 5 heteroatoms. The van der Waals surface area contributed by atoms with E-state index in [-0.39, 0.29) is 25.0 Å². The Morgan fingerprint density at radius 1 is 1.09 bits per heavy atom. The molecule has 0 aromatic heterocycles. The van der Waals surface area contributed by atoms with Crippen LogP contribution in [0.25, 0.3) is 0 Å². The van der Waals surface area contributed by atoms with Gasteiger partial charge in [0.2, 0.25) is 10.0 Å². The van der Waals surface area contributed by atoms with Crippen LogP contribution in [0, 0.1) is 5.92 Å². The molecule has 4 nitrogen and oxygen atoms in total. The number of anilines is 1. The Hall–Kier alpha value is -2.63. The first-order valence-corrected chi connectivity index (χ1v) is 12.7. The highest BCUT2D eigenvalue weighted by Gasteiger charge is 2.38. The van der Waals surface area contributed by atoms with Gasteiger partial charge in [-0.05, 0) is 53.1 Å². The summed E-state index contributed by atoms with van der Waals surface area (Å²) >= 11 is 0. The highest BCUT2D eigenvalue weighted by Crippen LogP contribution is 2.50. The molecule has 2 aromatic carbocycles. The number of sulfonamides is 1. The van der Waals surface area contributed by atoms with Crippen LogP contribution < -0.4 is 5.32 Å². The lowest BCUT2D eigenvalue weighted by Gasteiger charge is -2.38. The fourth-order valence-corrected chi connectivity index (χ4v) is 6.28. The smallest absolute Gasteiger partial charge is 0.243 e. The van der Waals surface area contributed by atoms with Crippen LogP contribution in [0.2, 0.25) is 0 Å². The zero-order valence-electron chi connectivity index (χ0n) is 18.9. The standard InChI is InChI=1S/C27H32N2O2S/c1-5-16-29(17-6-2)32(30,31)22-14-15-26-25(18-22)23-8-7-9-24(23)27(28-26)21-12-10-20(11-13-21)19(3)4/h5-8,10-15,18-19,23-24,27-28H,1-2,9,16-17H2,3-4H3. The van der Waals surface area contributed by atoms with Crippen LogP contribution in [0.5, 0.6) is 0 Å². The maximum Gasteiger partial charge on any atom is 0.243 e. The third kappa shape index (κ3) is 4.07. The molecule has 1 aliphatic carbocycles. The Morgan fingerprint density at radius 2 is 1.78 bits per heavy atom. The largest absolute Gasteiger partial charge is 0.378 e. The summed E-state index contributed by atoms with van der Waals surface area (Å²) in [6.07, 6.45) is 8.65. The predicted octanol–water partition coefficient (Wildman–Crippen LogP) is 6.00. The van der Waals surface area contributed by atoms with E-state index in [0.29, 0.717) is 16.7 Å². The van der Waals surface area contributed by atoms with E-state index in [1.807, 2.05) is 12.1 Å². The molecule has 168 valence electrons. The molecule has 0 spiro atoms. The molecule has 4 rings (SSSR count). The summed E-state index contributed by atoms with van der Waals surface area (Å²) in [6.45, 7) is 12.3. The van der Waals surface area contributed by atoms with Crippen molar-refractivity contribution < 1.29 is 8.42 Å². The van der Waals surface area contributed by atoms with Gasteiger partial charge in [0, 0.05) is 24.7 Å². The van der Waals surface area contributed by atoms with Crippen molar-refractivity contribution in [3.63, 3.8) is 0 Å². The van der Waals surface area contributed by atoms with E-state index in [0.717, 1.165) is 17.7 Å². The minimum atomic E-state index is -3.63. The Bertz CT molecular complexity index is 1120. The molecule has 3 atom stereocenters. The minimum Gasteiger partial charge on any atom is -0.378 e. The molecule has 32 heavy (non-hydrogen) atoms. The molecule has 0 saturated heterocycles. The molecule has 1 aliphatic heterocycles. The Labute approximate surface area is 192 Å². The second-order valence-corrected chi connectivity index (χ2v) is 10.9. The van der Waals surface area contributed by atoms with Crippen molar-refractivity contribution in [1.82, 2.24) is 4.31 Å². The summed E-state index contributed by atoms with van der Waals surface area (Å²) < 4.78 is 27.9. The van der Waals surface area contributed by atoms with Gasteiger partial charge in [0.05, 0.1) is 10.9 Å². The summed E-state index contributed by atoms with van der Waals surface area (Å²) in [7, 11) is -3.63. The number of nitrogens with one attached hydrogen (secondary N) is 1. The van der Waals surface area contributed by atoms with Gasteiger partial charge in [0.15, 0.2) is 0 Å². The van der Waals surface area contributed by atoms with Crippen LogP contribution in [0.3, 0.4) is 0 Å². The molecule has 0 bridgehead atoms. The zero-order chi connectivity index (χ0) is 22.9. The fraction of sp³-hybridized carbons (Fsp3) is 0.333. The van der Waals surface area contributed by atoms with Crippen LogP contribution in [-0.4, -0.2) is 25.8 Å². The first-order chi connectivity index (χ1) is 15.4. The third-order valence-corrected chi connectivity index (χ3v) is 8.43. The van der Waals surface area contributed by atoms with Gasteiger partial charge in [-0.2, -0.15) is 4.31 Å². The molecule has 0 radical (unpaired) electrons. The molecule has 2 aromatic rings. The first-order valence-electron chi connectivity index (χ1n) is 11.3. The van der Waals surface area contributed by atoms with Crippen LogP contribution in [-0.2, 0) is 10.0 Å². The molecule has 2 aliphatic rings. The lowest BCUT2D eigenvalue weighted by atomic mass is 9.77. The van der Waals surface area contributed by atoms with E-state index in [1.54, 1.807) is 18.2 Å². The lowest BCUT2D eigenvalue weighted by molar-refractivity contribution is 0.424. The summed E-state index contributed by atoms with van der Waals surface area (Å²) in [5.74, 6) is 1.07. The van der Waals surface area contributed by atoms with Crippen LogP contribution in [0.4, 0.5) is 5.69 Å². The van der Waals surface area contributed by atoms with Crippen molar-refractivity contribution in [2.45, 2.75) is 43.0 Å². The average molecular weight is 449 g/mol. The Kier molecular flexibility index (Phi) is 6.40. The van der Waals surface area contributed by atoms with Gasteiger partial charge in [0.1, 0.15) is 0 Å². The van der Waals surface area contributed by atoms with Crippen molar-refractivity contribution in [2.75, 3.05) is 18.4 Å². The van der Waals surface area contributed by atoms with Gasteiger partial charge >= 0.3 is 0 Å². The number of allylic oxidation sites excluding steroid dienone is 2. The van der Waals surface area contributed by atoms with E-state index in [1.165, 1.54) is 15.4 Å². The summed E-state index contributed by atoms with van der Waals surface area (Å²) in [4.78, 5) is 0.320. The van der Waals surface area contributed by atoms with Crippen molar-refractivity contribution in [2.24, 2.45) is 5.92 Å². The second-order valence-electron chi connectivity index (χ2n) is 8.95. The highest BCUT2D eigenvalue weighted by atomic mass is 32.2. The first kappa shape index (κ1) is 22.6. The normalized spacial score (nSPS) is 21.8. The monoisotopic (exact) mass is 448 g/mol. The van der Waals surface area contributed by atoms with Crippen molar-refractivity contribution in [3.8, 4) is 0 Å². The highest BCUT2D eigenvalue weighted by molar-refractivity contribution is 7.89. The molecule has 0 fully saturated rings. The fourth-order valence-electron chi connectivity index (χ4n) is 4.86. The van der Waals surface area contributed by atoms with E-state index >= 15 is 0 Å². The lowest BCUT2D eigenvalue weighted by Crippen LogP contribution is -2.32. The van der Waals surface area contributed by atoms with Gasteiger partial charge in [-0.3, -0.25) is 0 Å². The van der Waals surface area contributed by atoms with E-state index in [9.17, 15) is 8.42 Å². The second kappa shape index (κ2) is 9.08. The third-order valence-electron chi connectivity index (χ3n) is 6.60. The number of hydrogen-bond acceptors (Lipinski definition) is 3. The molecule has 1 heterocycles. The van der Waals surface area contributed by atoms with E-state index < -0.39 is 10.0 Å². The molecule has 1 N–H and O–H groups in total. The molecule has 3 unspecified atom stereocenters. The molecular formula is C27H32N2O2S. The number of rotatable bonds is 8. The van der Waals surface area contributed by atoms with Crippen LogP contribution in [0.1, 0.15) is 54.8 Å². The summed E-state index contributed by atoms with van der Waals surface area (Å²) in [6, 6.07) is 14.6. The van der Waals surface area contributed by atoms with Gasteiger partial charge in [-0.15, -0.1) is 13.2 Å². The minimum absolute atomic E-state index is 0.198. The molecule has 0 saturated carbocycles. The molecular weight excluding hydrogens is 416 g/mol. The van der Waals surface area contributed by atoms with Crippen LogP contribution >= 0.6 is 0 Å². The van der Waals surface area contributed by atoms with Gasteiger partial charge in [-0.1, -0.05) is 62.4 Å². The molecule has 0 amide bonds. The van der Waals surface area contributed by atoms with Crippen molar-refractivity contribution in [3.05, 3.63) is 96.6 Å². The zero-order valence-corrected chi connectivity index (χ0v) is 19.7. The summed E-state index contributed by atoms with van der Waals surface area (Å²) in [5, 5.41) is 3.71. The van der Waals surface area contributed by atoms with E-state index in [2.05, 4.69) is 68.7 Å². The van der Waals surface area contributed by atoms with Gasteiger partial charge in [-0.25, -0.2) is 8.42 Å². The van der Waals surface area contributed by atoms with Gasteiger partial charge in [0.25, 0.3) is 0 Å². The number of benzene rings is 2. The number of hydrogen-bond donors (Lipinski definition) is 1. The Morgan fingerprint density at radius 3 is 2.41 bits per heavy atom. The SMILES string of the molecule is C=CCN(CC=C)S(=O)(=O)c1ccc2c(c1)C1C=CCC1C(c1ccc(C(C)C)cc1)N2. The predicted molar refractivity (Wildman–Crippen MR) is 132 cm³/mol. The number of fused-ring (bicyclic) bond motifs is 3. The van der Waals surface area contributed by atoms with Crippen molar-refractivity contribution >= 4 is 15.7 Å². The van der Waals surface area contributed by atoms with Crippen LogP contribution in [0.15, 0.2) is 84.8 Å².